The number of carbonyl (C=O) groups is 1. The van der Waals surface area contributed by atoms with Crippen molar-refractivity contribution in [2.75, 3.05) is 38.1 Å². The Morgan fingerprint density at radius 1 is 1.40 bits per heavy atom. The third-order valence-electron chi connectivity index (χ3n) is 3.42. The van der Waals surface area contributed by atoms with Crippen LogP contribution in [-0.2, 0) is 4.74 Å². The van der Waals surface area contributed by atoms with Crippen LogP contribution in [0.3, 0.4) is 0 Å². The maximum atomic E-state index is 11.7. The molecule has 1 fully saturated rings. The van der Waals surface area contributed by atoms with Crippen LogP contribution in [0, 0.1) is 6.92 Å². The predicted octanol–water partition coefficient (Wildman–Crippen LogP) is 2.53. The molecular weight excluding hydrogens is 274 g/mol. The van der Waals surface area contributed by atoms with Crippen molar-refractivity contribution in [1.82, 2.24) is 9.88 Å². The number of hydrogen-bond acceptors (Lipinski definition) is 6. The molecule has 0 bridgehead atoms. The Kier molecular flexibility index (Phi) is 5.79. The van der Waals surface area contributed by atoms with Gasteiger partial charge >= 0.3 is 5.97 Å². The minimum atomic E-state index is -0.328. The molecule has 6 heteroatoms. The zero-order valence-corrected chi connectivity index (χ0v) is 13.1. The number of aryl methyl sites for hydroxylation is 1. The normalized spacial score (nSPS) is 16.1. The molecule has 5 nitrogen and oxygen atoms in total. The van der Waals surface area contributed by atoms with Crippen LogP contribution < -0.4 is 5.32 Å². The highest BCUT2D eigenvalue weighted by atomic mass is 32.1. The van der Waals surface area contributed by atoms with Gasteiger partial charge in [0, 0.05) is 18.0 Å². The summed E-state index contributed by atoms with van der Waals surface area (Å²) >= 11 is 1.51. The van der Waals surface area contributed by atoms with E-state index in [9.17, 15) is 4.79 Å². The first-order valence-corrected chi connectivity index (χ1v) is 8.13. The largest absolute Gasteiger partial charge is 0.461 e. The number of nitrogens with one attached hydrogen (secondary N) is 1. The Labute approximate surface area is 124 Å². The van der Waals surface area contributed by atoms with Crippen LogP contribution in [0.15, 0.2) is 0 Å². The maximum absolute atomic E-state index is 11.7. The highest BCUT2D eigenvalue weighted by Gasteiger charge is 2.16. The van der Waals surface area contributed by atoms with Gasteiger partial charge in [-0.3, -0.25) is 0 Å². The summed E-state index contributed by atoms with van der Waals surface area (Å²) in [6, 6.07) is 0. The van der Waals surface area contributed by atoms with E-state index < -0.39 is 0 Å². The van der Waals surface area contributed by atoms with E-state index >= 15 is 0 Å². The molecule has 2 heterocycles. The van der Waals surface area contributed by atoms with Gasteiger partial charge in [0.2, 0.25) is 0 Å². The van der Waals surface area contributed by atoms with Gasteiger partial charge in [0.15, 0.2) is 10.8 Å². The molecule has 1 N–H and O–H groups in total. The number of nitrogens with zero attached hydrogens (tertiary/aromatic N) is 2. The average molecular weight is 297 g/mol. The summed E-state index contributed by atoms with van der Waals surface area (Å²) in [6.45, 7) is 8.40. The zero-order valence-electron chi connectivity index (χ0n) is 12.3. The second-order valence-electron chi connectivity index (χ2n) is 4.97. The summed E-state index contributed by atoms with van der Waals surface area (Å²) in [4.78, 5) is 19.4. The van der Waals surface area contributed by atoms with E-state index in [1.165, 1.54) is 43.7 Å². The fourth-order valence-electron chi connectivity index (χ4n) is 2.36. The molecule has 0 aliphatic carbocycles. The van der Waals surface area contributed by atoms with Crippen LogP contribution in [0.25, 0.3) is 0 Å². The standard InChI is InChI=1S/C14H23N3O2S/c1-3-19-13(18)12-11(2)20-14(16-12)15-7-10-17-8-5-4-6-9-17/h3-10H2,1-2H3,(H,15,16). The van der Waals surface area contributed by atoms with E-state index in [1.54, 1.807) is 6.92 Å². The number of aromatic nitrogens is 1. The van der Waals surface area contributed by atoms with E-state index in [1.807, 2.05) is 6.92 Å². The molecule has 1 aromatic rings. The molecule has 1 aromatic heterocycles. The van der Waals surface area contributed by atoms with Crippen molar-refractivity contribution in [3.05, 3.63) is 10.6 Å². The van der Waals surface area contributed by atoms with E-state index in [0.717, 1.165) is 23.1 Å². The summed E-state index contributed by atoms with van der Waals surface area (Å²) in [5.74, 6) is -0.328. The molecule has 0 atom stereocenters. The van der Waals surface area contributed by atoms with Crippen molar-refractivity contribution in [3.63, 3.8) is 0 Å². The Hall–Kier alpha value is -1.14. The summed E-state index contributed by atoms with van der Waals surface area (Å²) in [5.41, 5.74) is 0.442. The minimum absolute atomic E-state index is 0.328. The van der Waals surface area contributed by atoms with Crippen LogP contribution in [0.5, 0.6) is 0 Å². The Morgan fingerprint density at radius 3 is 2.85 bits per heavy atom. The highest BCUT2D eigenvalue weighted by molar-refractivity contribution is 7.15. The van der Waals surface area contributed by atoms with Gasteiger partial charge in [0.25, 0.3) is 0 Å². The monoisotopic (exact) mass is 297 g/mol. The van der Waals surface area contributed by atoms with E-state index in [2.05, 4.69) is 15.2 Å². The van der Waals surface area contributed by atoms with Crippen molar-refractivity contribution >= 4 is 22.4 Å². The molecule has 2 rings (SSSR count). The minimum Gasteiger partial charge on any atom is -0.461 e. The van der Waals surface area contributed by atoms with E-state index in [4.69, 9.17) is 4.74 Å². The number of likely N-dealkylation sites (tertiary alicyclic amines) is 1. The lowest BCUT2D eigenvalue weighted by Crippen LogP contribution is -2.33. The maximum Gasteiger partial charge on any atom is 0.358 e. The second-order valence-corrected chi connectivity index (χ2v) is 6.18. The smallest absolute Gasteiger partial charge is 0.358 e. The molecule has 1 saturated heterocycles. The van der Waals surface area contributed by atoms with E-state index in [0.29, 0.717) is 12.3 Å². The molecular formula is C14H23N3O2S. The van der Waals surface area contributed by atoms with Crippen molar-refractivity contribution in [3.8, 4) is 0 Å². The average Bonchev–Trinajstić information content (AvgIpc) is 2.81. The molecule has 0 amide bonds. The van der Waals surface area contributed by atoms with Crippen LogP contribution in [-0.4, -0.2) is 48.6 Å². The van der Waals surface area contributed by atoms with Gasteiger partial charge in [-0.15, -0.1) is 11.3 Å². The van der Waals surface area contributed by atoms with Gasteiger partial charge in [-0.05, 0) is 39.8 Å². The van der Waals surface area contributed by atoms with Crippen LogP contribution in [0.4, 0.5) is 5.13 Å². The number of ether oxygens (including phenoxy) is 1. The number of hydrogen-bond donors (Lipinski definition) is 1. The Balaban J connectivity index is 1.81. The van der Waals surface area contributed by atoms with Crippen molar-refractivity contribution in [2.45, 2.75) is 33.1 Å². The lowest BCUT2D eigenvalue weighted by Gasteiger charge is -2.26. The van der Waals surface area contributed by atoms with E-state index in [-0.39, 0.29) is 5.97 Å². The van der Waals surface area contributed by atoms with Gasteiger partial charge in [-0.25, -0.2) is 9.78 Å². The van der Waals surface area contributed by atoms with Gasteiger partial charge < -0.3 is 15.0 Å². The topological polar surface area (TPSA) is 54.5 Å². The number of esters is 1. The van der Waals surface area contributed by atoms with Crippen LogP contribution >= 0.6 is 11.3 Å². The molecule has 0 saturated carbocycles. The molecule has 0 spiro atoms. The third-order valence-corrected chi connectivity index (χ3v) is 4.35. The van der Waals surface area contributed by atoms with Gasteiger partial charge in [-0.1, -0.05) is 6.42 Å². The molecule has 0 aromatic carbocycles. The van der Waals surface area contributed by atoms with Crippen molar-refractivity contribution in [2.24, 2.45) is 0 Å². The fourth-order valence-corrected chi connectivity index (χ4v) is 3.19. The molecule has 112 valence electrons. The van der Waals surface area contributed by atoms with Crippen molar-refractivity contribution < 1.29 is 9.53 Å². The fraction of sp³-hybridized carbons (Fsp3) is 0.714. The first-order chi connectivity index (χ1) is 9.70. The second kappa shape index (κ2) is 7.59. The Morgan fingerprint density at radius 2 is 2.15 bits per heavy atom. The number of thiazole rings is 1. The number of piperidine rings is 1. The summed E-state index contributed by atoms with van der Waals surface area (Å²) in [7, 11) is 0. The first kappa shape index (κ1) is 15.3. The molecule has 0 radical (unpaired) electrons. The van der Waals surface area contributed by atoms with Crippen LogP contribution in [0.1, 0.15) is 41.6 Å². The predicted molar refractivity (Wildman–Crippen MR) is 81.6 cm³/mol. The summed E-state index contributed by atoms with van der Waals surface area (Å²) < 4.78 is 4.99. The molecule has 20 heavy (non-hydrogen) atoms. The van der Waals surface area contributed by atoms with Crippen LogP contribution in [0.2, 0.25) is 0 Å². The first-order valence-electron chi connectivity index (χ1n) is 7.31. The number of anilines is 1. The quantitative estimate of drug-likeness (QED) is 0.818. The zero-order chi connectivity index (χ0) is 14.4. The molecule has 1 aliphatic heterocycles. The van der Waals surface area contributed by atoms with Gasteiger partial charge in [0.05, 0.1) is 6.61 Å². The molecule has 1 aliphatic rings. The lowest BCUT2D eigenvalue weighted by molar-refractivity contribution is 0.0519. The highest BCUT2D eigenvalue weighted by Crippen LogP contribution is 2.22. The Bertz CT molecular complexity index is 442. The molecule has 0 unspecified atom stereocenters. The number of rotatable bonds is 6. The lowest BCUT2D eigenvalue weighted by atomic mass is 10.1. The summed E-state index contributed by atoms with van der Waals surface area (Å²) in [6.07, 6.45) is 3.98. The van der Waals surface area contributed by atoms with Crippen molar-refractivity contribution in [1.29, 1.82) is 0 Å². The van der Waals surface area contributed by atoms with Gasteiger partial charge in [-0.2, -0.15) is 0 Å². The number of carbonyl (C=O) groups excluding carboxylic acids is 1. The summed E-state index contributed by atoms with van der Waals surface area (Å²) in [5, 5.41) is 4.12. The third kappa shape index (κ3) is 4.18. The van der Waals surface area contributed by atoms with Gasteiger partial charge in [0.1, 0.15) is 0 Å². The SMILES string of the molecule is CCOC(=O)c1nc(NCCN2CCCCC2)sc1C.